The SMILES string of the molecule is O=C1C2CC(F)C(F)CC2C(=O)N1CCCN1CCN(c2ccccc2OC2CCCC2)CC1. The lowest BCUT2D eigenvalue weighted by Gasteiger charge is -2.37. The second-order valence-corrected chi connectivity index (χ2v) is 10.2. The molecule has 4 fully saturated rings. The largest absolute Gasteiger partial charge is 0.488 e. The standard InChI is InChI=1S/C26H35F2N3O3/c27-21-16-19-20(17-22(21)28)26(33)31(25(19)32)11-5-10-29-12-14-30(15-13-29)23-8-3-4-9-24(23)34-18-6-1-2-7-18/h3-4,8-9,18-22H,1-2,5-7,10-17H2. The molecule has 0 spiro atoms. The number of piperazine rings is 1. The summed E-state index contributed by atoms with van der Waals surface area (Å²) < 4.78 is 33.8. The van der Waals surface area contributed by atoms with Crippen LogP contribution in [-0.4, -0.2) is 79.3 Å². The van der Waals surface area contributed by atoms with E-state index in [9.17, 15) is 18.4 Å². The summed E-state index contributed by atoms with van der Waals surface area (Å²) in [6.07, 6.45) is 2.16. The van der Waals surface area contributed by atoms with Crippen LogP contribution >= 0.6 is 0 Å². The van der Waals surface area contributed by atoms with Gasteiger partial charge in [-0.3, -0.25) is 19.4 Å². The van der Waals surface area contributed by atoms with Crippen molar-refractivity contribution in [2.45, 2.75) is 63.4 Å². The zero-order valence-corrected chi connectivity index (χ0v) is 19.7. The van der Waals surface area contributed by atoms with Crippen LogP contribution in [0.15, 0.2) is 24.3 Å². The lowest BCUT2D eigenvalue weighted by Crippen LogP contribution is -2.47. The highest BCUT2D eigenvalue weighted by Crippen LogP contribution is 2.40. The summed E-state index contributed by atoms with van der Waals surface area (Å²) in [5.74, 6) is -1.00. The van der Waals surface area contributed by atoms with Crippen LogP contribution in [0.5, 0.6) is 5.75 Å². The first-order chi connectivity index (χ1) is 16.5. The van der Waals surface area contributed by atoms with Crippen molar-refractivity contribution in [2.75, 3.05) is 44.2 Å². The zero-order valence-electron chi connectivity index (χ0n) is 19.7. The Kier molecular flexibility index (Phi) is 7.04. The highest BCUT2D eigenvalue weighted by Gasteiger charge is 2.52. The minimum absolute atomic E-state index is 0.166. The Morgan fingerprint density at radius 3 is 2.12 bits per heavy atom. The highest BCUT2D eigenvalue weighted by molar-refractivity contribution is 6.05. The molecule has 2 saturated carbocycles. The number of imide groups is 1. The molecule has 2 aliphatic carbocycles. The average molecular weight is 476 g/mol. The second kappa shape index (κ2) is 10.2. The van der Waals surface area contributed by atoms with Gasteiger partial charge in [0.1, 0.15) is 18.1 Å². The van der Waals surface area contributed by atoms with E-state index < -0.39 is 24.2 Å². The van der Waals surface area contributed by atoms with Crippen LogP contribution in [0.3, 0.4) is 0 Å². The van der Waals surface area contributed by atoms with Crippen LogP contribution in [0.25, 0.3) is 0 Å². The summed E-state index contributed by atoms with van der Waals surface area (Å²) in [6, 6.07) is 8.29. The highest BCUT2D eigenvalue weighted by atomic mass is 19.2. The molecule has 0 aromatic heterocycles. The van der Waals surface area contributed by atoms with Gasteiger partial charge >= 0.3 is 0 Å². The van der Waals surface area contributed by atoms with Gasteiger partial charge in [0.25, 0.3) is 0 Å². The van der Waals surface area contributed by atoms with Gasteiger partial charge in [-0.25, -0.2) is 8.78 Å². The van der Waals surface area contributed by atoms with Gasteiger partial charge in [0.2, 0.25) is 11.8 Å². The van der Waals surface area contributed by atoms with Crippen LogP contribution in [0, 0.1) is 11.8 Å². The van der Waals surface area contributed by atoms with Crippen molar-refractivity contribution in [2.24, 2.45) is 11.8 Å². The molecule has 4 aliphatic rings. The molecular weight excluding hydrogens is 440 g/mol. The Balaban J connectivity index is 1.09. The normalized spacial score (nSPS) is 30.8. The molecule has 2 heterocycles. The predicted octanol–water partition coefficient (Wildman–Crippen LogP) is 3.59. The van der Waals surface area contributed by atoms with Crippen molar-refractivity contribution in [3.8, 4) is 5.75 Å². The van der Waals surface area contributed by atoms with Crippen LogP contribution in [-0.2, 0) is 9.59 Å². The molecular formula is C26H35F2N3O3. The quantitative estimate of drug-likeness (QED) is 0.564. The Labute approximate surface area is 200 Å². The molecule has 8 heteroatoms. The number of alkyl halides is 2. The van der Waals surface area contributed by atoms with E-state index in [1.54, 1.807) is 0 Å². The number of carbonyl (C=O) groups excluding carboxylic acids is 2. The van der Waals surface area contributed by atoms with Crippen LogP contribution in [0.1, 0.15) is 44.9 Å². The van der Waals surface area contributed by atoms with Gasteiger partial charge in [-0.15, -0.1) is 0 Å². The van der Waals surface area contributed by atoms with Crippen molar-refractivity contribution in [1.29, 1.82) is 0 Å². The van der Waals surface area contributed by atoms with E-state index in [-0.39, 0.29) is 24.7 Å². The lowest BCUT2D eigenvalue weighted by atomic mass is 9.79. The van der Waals surface area contributed by atoms with Crippen LogP contribution < -0.4 is 9.64 Å². The van der Waals surface area contributed by atoms with Crippen molar-refractivity contribution in [3.05, 3.63) is 24.3 Å². The Hall–Kier alpha value is -2.22. The number of carbonyl (C=O) groups is 2. The molecule has 2 aliphatic heterocycles. The first-order valence-corrected chi connectivity index (χ1v) is 12.9. The number of hydrogen-bond donors (Lipinski definition) is 0. The van der Waals surface area contributed by atoms with Crippen LogP contribution in [0.4, 0.5) is 14.5 Å². The van der Waals surface area contributed by atoms with Gasteiger partial charge < -0.3 is 9.64 Å². The van der Waals surface area contributed by atoms with Crippen molar-refractivity contribution in [3.63, 3.8) is 0 Å². The van der Waals surface area contributed by atoms with Gasteiger partial charge in [-0.2, -0.15) is 0 Å². The minimum atomic E-state index is -1.64. The summed E-state index contributed by atoms with van der Waals surface area (Å²) in [5.41, 5.74) is 1.15. The number of halogens is 2. The number of anilines is 1. The summed E-state index contributed by atoms with van der Waals surface area (Å²) in [7, 11) is 0. The van der Waals surface area contributed by atoms with E-state index >= 15 is 0 Å². The van der Waals surface area contributed by atoms with Gasteiger partial charge in [-0.05, 0) is 63.6 Å². The topological polar surface area (TPSA) is 53.1 Å². The van der Waals surface area contributed by atoms with E-state index in [1.807, 2.05) is 6.07 Å². The molecule has 0 N–H and O–H groups in total. The molecule has 0 radical (unpaired) electrons. The van der Waals surface area contributed by atoms with E-state index in [0.29, 0.717) is 19.1 Å². The van der Waals surface area contributed by atoms with Crippen molar-refractivity contribution < 1.29 is 23.1 Å². The molecule has 5 rings (SSSR count). The zero-order chi connectivity index (χ0) is 23.7. The molecule has 6 nitrogen and oxygen atoms in total. The average Bonchev–Trinajstić information content (AvgIpc) is 3.43. The van der Waals surface area contributed by atoms with Gasteiger partial charge in [0, 0.05) is 32.7 Å². The summed E-state index contributed by atoms with van der Waals surface area (Å²) in [4.78, 5) is 31.2. The Bertz CT molecular complexity index is 858. The van der Waals surface area contributed by atoms with E-state index in [2.05, 4.69) is 28.0 Å². The number of hydrogen-bond acceptors (Lipinski definition) is 5. The molecule has 2 amide bonds. The predicted molar refractivity (Wildman–Crippen MR) is 125 cm³/mol. The molecule has 4 unspecified atom stereocenters. The first kappa shape index (κ1) is 23.5. The lowest BCUT2D eigenvalue weighted by molar-refractivity contribution is -0.140. The molecule has 34 heavy (non-hydrogen) atoms. The number of benzene rings is 1. The first-order valence-electron chi connectivity index (χ1n) is 12.9. The maximum atomic E-state index is 13.7. The fraction of sp³-hybridized carbons (Fsp3) is 0.692. The number of amides is 2. The fourth-order valence-electron chi connectivity index (χ4n) is 6.05. The number of fused-ring (bicyclic) bond motifs is 1. The van der Waals surface area contributed by atoms with E-state index in [1.165, 1.54) is 17.7 Å². The Morgan fingerprint density at radius 2 is 1.47 bits per heavy atom. The van der Waals surface area contributed by atoms with E-state index in [4.69, 9.17) is 4.74 Å². The molecule has 4 atom stereocenters. The van der Waals surface area contributed by atoms with Crippen molar-refractivity contribution >= 4 is 17.5 Å². The smallest absolute Gasteiger partial charge is 0.233 e. The molecule has 186 valence electrons. The molecule has 0 bridgehead atoms. The summed E-state index contributed by atoms with van der Waals surface area (Å²) in [5, 5.41) is 0. The molecule has 1 aromatic carbocycles. The number of ether oxygens (including phenoxy) is 1. The van der Waals surface area contributed by atoms with Gasteiger partial charge in [-0.1, -0.05) is 12.1 Å². The third-order valence-electron chi connectivity index (χ3n) is 8.03. The number of nitrogens with zero attached hydrogens (tertiary/aromatic N) is 3. The Morgan fingerprint density at radius 1 is 0.853 bits per heavy atom. The number of likely N-dealkylation sites (tertiary alicyclic amines) is 1. The number of rotatable bonds is 7. The molecule has 2 saturated heterocycles. The minimum Gasteiger partial charge on any atom is -0.488 e. The maximum Gasteiger partial charge on any atom is 0.233 e. The fourth-order valence-corrected chi connectivity index (χ4v) is 6.05. The second-order valence-electron chi connectivity index (χ2n) is 10.2. The van der Waals surface area contributed by atoms with Gasteiger partial charge in [0.15, 0.2) is 0 Å². The van der Waals surface area contributed by atoms with Gasteiger partial charge in [0.05, 0.1) is 23.6 Å². The third kappa shape index (κ3) is 4.79. The number of para-hydroxylation sites is 2. The van der Waals surface area contributed by atoms with E-state index in [0.717, 1.165) is 57.0 Å². The third-order valence-corrected chi connectivity index (χ3v) is 8.03. The summed E-state index contributed by atoms with van der Waals surface area (Å²) in [6.45, 7) is 4.71. The summed E-state index contributed by atoms with van der Waals surface area (Å²) >= 11 is 0. The van der Waals surface area contributed by atoms with Crippen molar-refractivity contribution in [1.82, 2.24) is 9.80 Å². The monoisotopic (exact) mass is 475 g/mol. The van der Waals surface area contributed by atoms with Crippen LogP contribution in [0.2, 0.25) is 0 Å². The maximum absolute atomic E-state index is 13.7. The molecule has 1 aromatic rings.